The van der Waals surface area contributed by atoms with Crippen molar-refractivity contribution in [2.75, 3.05) is 0 Å². The number of nitrogens with two attached hydrogens (primary N) is 1. The molecule has 0 fully saturated rings. The number of benzene rings is 1. The number of hydrogen-bond acceptors (Lipinski definition) is 3. The molecule has 84 valence electrons. The van der Waals surface area contributed by atoms with Crippen molar-refractivity contribution in [3.05, 3.63) is 40.6 Å². The van der Waals surface area contributed by atoms with Gasteiger partial charge in [0.05, 0.1) is 5.69 Å². The molecule has 16 heavy (non-hydrogen) atoms. The third-order valence-electron chi connectivity index (χ3n) is 2.96. The van der Waals surface area contributed by atoms with Crippen LogP contribution in [-0.4, -0.2) is 5.16 Å². The predicted octanol–water partition coefficient (Wildman–Crippen LogP) is 2.73. The van der Waals surface area contributed by atoms with Crippen molar-refractivity contribution < 1.29 is 4.52 Å². The molecule has 0 aliphatic rings. The lowest BCUT2D eigenvalue weighted by molar-refractivity contribution is 0.426. The second kappa shape index (κ2) is 4.10. The molecule has 0 saturated carbocycles. The molecule has 3 nitrogen and oxygen atoms in total. The van der Waals surface area contributed by atoms with Gasteiger partial charge >= 0.3 is 0 Å². The number of hydrogen-bond donors (Lipinski definition) is 1. The minimum atomic E-state index is 0.456. The molecular weight excluding hydrogens is 200 g/mol. The lowest BCUT2D eigenvalue weighted by atomic mass is 10.0. The molecule has 2 N–H and O–H groups in total. The topological polar surface area (TPSA) is 52.0 Å². The lowest BCUT2D eigenvalue weighted by Gasteiger charge is -2.03. The number of aryl methyl sites for hydroxylation is 3. The quantitative estimate of drug-likeness (QED) is 0.839. The van der Waals surface area contributed by atoms with Crippen LogP contribution in [0.3, 0.4) is 0 Å². The van der Waals surface area contributed by atoms with E-state index >= 15 is 0 Å². The van der Waals surface area contributed by atoms with E-state index in [1.165, 1.54) is 11.1 Å². The Morgan fingerprint density at radius 2 is 1.94 bits per heavy atom. The van der Waals surface area contributed by atoms with Crippen molar-refractivity contribution in [3.63, 3.8) is 0 Å². The first-order valence-electron chi connectivity index (χ1n) is 5.36. The van der Waals surface area contributed by atoms with Crippen LogP contribution in [0.25, 0.3) is 11.3 Å². The second-order valence-electron chi connectivity index (χ2n) is 4.08. The van der Waals surface area contributed by atoms with E-state index in [0.717, 1.165) is 22.6 Å². The highest BCUT2D eigenvalue weighted by atomic mass is 16.5. The van der Waals surface area contributed by atoms with Crippen molar-refractivity contribution >= 4 is 0 Å². The summed E-state index contributed by atoms with van der Waals surface area (Å²) in [6.07, 6.45) is 0. The van der Waals surface area contributed by atoms with Gasteiger partial charge in [-0.2, -0.15) is 0 Å². The van der Waals surface area contributed by atoms with E-state index in [1.807, 2.05) is 13.0 Å². The van der Waals surface area contributed by atoms with Crippen LogP contribution in [0, 0.1) is 20.8 Å². The van der Waals surface area contributed by atoms with E-state index in [4.69, 9.17) is 10.3 Å². The highest BCUT2D eigenvalue weighted by Crippen LogP contribution is 2.27. The monoisotopic (exact) mass is 216 g/mol. The van der Waals surface area contributed by atoms with Gasteiger partial charge in [0, 0.05) is 17.7 Å². The average Bonchev–Trinajstić information content (AvgIpc) is 2.63. The molecule has 0 spiro atoms. The van der Waals surface area contributed by atoms with Crippen LogP contribution in [0.1, 0.15) is 22.4 Å². The first-order valence-corrected chi connectivity index (χ1v) is 5.36. The van der Waals surface area contributed by atoms with Crippen LogP contribution in [0.5, 0.6) is 0 Å². The summed E-state index contributed by atoms with van der Waals surface area (Å²) in [4.78, 5) is 0. The van der Waals surface area contributed by atoms with Gasteiger partial charge in [-0.1, -0.05) is 17.3 Å². The molecule has 1 heterocycles. The van der Waals surface area contributed by atoms with Crippen molar-refractivity contribution in [3.8, 4) is 11.3 Å². The first kappa shape index (κ1) is 10.9. The third kappa shape index (κ3) is 1.74. The Bertz CT molecular complexity index is 515. The maximum absolute atomic E-state index is 5.70. The Kier molecular flexibility index (Phi) is 2.79. The molecule has 3 heteroatoms. The highest BCUT2D eigenvalue weighted by molar-refractivity contribution is 5.63. The molecule has 0 radical (unpaired) electrons. The van der Waals surface area contributed by atoms with Crippen LogP contribution in [0.2, 0.25) is 0 Å². The van der Waals surface area contributed by atoms with Crippen LogP contribution in [0.15, 0.2) is 22.7 Å². The minimum absolute atomic E-state index is 0.456. The van der Waals surface area contributed by atoms with Gasteiger partial charge in [0.1, 0.15) is 0 Å². The van der Waals surface area contributed by atoms with E-state index in [9.17, 15) is 0 Å². The van der Waals surface area contributed by atoms with Gasteiger partial charge in [0.25, 0.3) is 0 Å². The molecule has 0 amide bonds. The number of nitrogens with zero attached hydrogens (tertiary/aromatic N) is 1. The van der Waals surface area contributed by atoms with Crippen LogP contribution in [0.4, 0.5) is 0 Å². The summed E-state index contributed by atoms with van der Waals surface area (Å²) in [5.41, 5.74) is 11.1. The zero-order chi connectivity index (χ0) is 11.7. The fourth-order valence-electron chi connectivity index (χ4n) is 1.74. The average molecular weight is 216 g/mol. The molecule has 2 rings (SSSR count). The van der Waals surface area contributed by atoms with Crippen molar-refractivity contribution in [2.24, 2.45) is 5.73 Å². The summed E-state index contributed by atoms with van der Waals surface area (Å²) in [6, 6.07) is 6.23. The van der Waals surface area contributed by atoms with Gasteiger partial charge in [0.15, 0.2) is 5.76 Å². The number of aromatic nitrogens is 1. The van der Waals surface area contributed by atoms with Crippen LogP contribution in [-0.2, 0) is 6.54 Å². The Hall–Kier alpha value is -1.61. The normalized spacial score (nSPS) is 10.8. The number of rotatable bonds is 2. The van der Waals surface area contributed by atoms with E-state index in [1.54, 1.807) is 0 Å². The summed E-state index contributed by atoms with van der Waals surface area (Å²) < 4.78 is 5.34. The van der Waals surface area contributed by atoms with Gasteiger partial charge in [0.2, 0.25) is 0 Å². The summed E-state index contributed by atoms with van der Waals surface area (Å²) in [6.45, 7) is 6.55. The van der Waals surface area contributed by atoms with E-state index in [0.29, 0.717) is 6.54 Å². The molecule has 0 saturated heterocycles. The SMILES string of the molecule is Cc1ccc(-c2onc(C)c2CN)cc1C. The van der Waals surface area contributed by atoms with Crippen LogP contribution < -0.4 is 5.73 Å². The van der Waals surface area contributed by atoms with Gasteiger partial charge < -0.3 is 10.3 Å². The Labute approximate surface area is 95.3 Å². The van der Waals surface area contributed by atoms with E-state index < -0.39 is 0 Å². The van der Waals surface area contributed by atoms with Gasteiger partial charge in [-0.05, 0) is 38.0 Å². The molecule has 0 unspecified atom stereocenters. The van der Waals surface area contributed by atoms with Gasteiger partial charge in [-0.3, -0.25) is 0 Å². The summed E-state index contributed by atoms with van der Waals surface area (Å²) in [5, 5.41) is 3.96. The Morgan fingerprint density at radius 3 is 2.56 bits per heavy atom. The molecular formula is C13H16N2O. The fraction of sp³-hybridized carbons (Fsp3) is 0.308. The van der Waals surface area contributed by atoms with E-state index in [2.05, 4.69) is 31.1 Å². The smallest absolute Gasteiger partial charge is 0.171 e. The van der Waals surface area contributed by atoms with Crippen molar-refractivity contribution in [2.45, 2.75) is 27.3 Å². The Balaban J connectivity index is 2.54. The molecule has 1 aromatic carbocycles. The largest absolute Gasteiger partial charge is 0.356 e. The third-order valence-corrected chi connectivity index (χ3v) is 2.96. The van der Waals surface area contributed by atoms with Crippen LogP contribution >= 0.6 is 0 Å². The minimum Gasteiger partial charge on any atom is -0.356 e. The maximum atomic E-state index is 5.70. The standard InChI is InChI=1S/C13H16N2O/c1-8-4-5-11(6-9(8)2)13-12(7-14)10(3)15-16-13/h4-6H,7,14H2,1-3H3. The predicted molar refractivity (Wildman–Crippen MR) is 64.0 cm³/mol. The van der Waals surface area contributed by atoms with E-state index in [-0.39, 0.29) is 0 Å². The van der Waals surface area contributed by atoms with Crippen molar-refractivity contribution in [1.29, 1.82) is 0 Å². The summed E-state index contributed by atoms with van der Waals surface area (Å²) in [5.74, 6) is 0.795. The van der Waals surface area contributed by atoms with Crippen molar-refractivity contribution in [1.82, 2.24) is 5.16 Å². The molecule has 0 aliphatic heterocycles. The first-order chi connectivity index (χ1) is 7.63. The summed E-state index contributed by atoms with van der Waals surface area (Å²) in [7, 11) is 0. The molecule has 0 atom stereocenters. The highest BCUT2D eigenvalue weighted by Gasteiger charge is 2.13. The molecule has 0 bridgehead atoms. The maximum Gasteiger partial charge on any atom is 0.171 e. The van der Waals surface area contributed by atoms with Gasteiger partial charge in [-0.15, -0.1) is 0 Å². The molecule has 1 aromatic heterocycles. The molecule has 0 aliphatic carbocycles. The van der Waals surface area contributed by atoms with Gasteiger partial charge in [-0.25, -0.2) is 0 Å². The lowest BCUT2D eigenvalue weighted by Crippen LogP contribution is -1.98. The second-order valence-corrected chi connectivity index (χ2v) is 4.08. The summed E-state index contributed by atoms with van der Waals surface area (Å²) >= 11 is 0. The zero-order valence-corrected chi connectivity index (χ0v) is 9.87. The Morgan fingerprint density at radius 1 is 1.19 bits per heavy atom. The zero-order valence-electron chi connectivity index (χ0n) is 9.87. The fourth-order valence-corrected chi connectivity index (χ4v) is 1.74. The molecule has 2 aromatic rings.